The number of nitrogens with zero attached hydrogens (tertiary/aromatic N) is 1. The third-order valence-electron chi connectivity index (χ3n) is 6.17. The van der Waals surface area contributed by atoms with Crippen LogP contribution in [0.1, 0.15) is 23.6 Å². The summed E-state index contributed by atoms with van der Waals surface area (Å²) in [6.07, 6.45) is 0.0557. The van der Waals surface area contributed by atoms with Crippen molar-refractivity contribution in [1.82, 2.24) is 4.90 Å². The standard InChI is InChI=1S/C28H31NO6/c1-19-23(14-21-10-12-24(31-2)26(15-21)32-3)29(28(30)35-19)17-22-11-13-25(27(16-22)33-4)34-18-20-8-6-5-7-9-20/h5-13,15-16,19,23H,14,17-18H2,1-4H3/t19?,23-/m0/s1. The first-order chi connectivity index (χ1) is 17.0. The molecular weight excluding hydrogens is 446 g/mol. The highest BCUT2D eigenvalue weighted by Gasteiger charge is 2.39. The lowest BCUT2D eigenvalue weighted by atomic mass is 10.0. The Morgan fingerprint density at radius 1 is 0.771 bits per heavy atom. The first-order valence-corrected chi connectivity index (χ1v) is 11.5. The van der Waals surface area contributed by atoms with E-state index in [1.807, 2.05) is 73.7 Å². The van der Waals surface area contributed by atoms with Crippen molar-refractivity contribution in [3.63, 3.8) is 0 Å². The lowest BCUT2D eigenvalue weighted by Crippen LogP contribution is -2.37. The van der Waals surface area contributed by atoms with Crippen molar-refractivity contribution in [1.29, 1.82) is 0 Å². The summed E-state index contributed by atoms with van der Waals surface area (Å²) < 4.78 is 27.9. The van der Waals surface area contributed by atoms with Gasteiger partial charge >= 0.3 is 6.09 Å². The molecule has 0 bridgehead atoms. The van der Waals surface area contributed by atoms with E-state index in [-0.39, 0.29) is 18.2 Å². The quantitative estimate of drug-likeness (QED) is 0.398. The summed E-state index contributed by atoms with van der Waals surface area (Å²) in [6.45, 7) is 2.76. The molecule has 1 saturated heterocycles. The van der Waals surface area contributed by atoms with Gasteiger partial charge in [-0.3, -0.25) is 4.90 Å². The Hall–Kier alpha value is -3.87. The van der Waals surface area contributed by atoms with Crippen LogP contribution in [0.15, 0.2) is 66.7 Å². The molecule has 1 unspecified atom stereocenters. The van der Waals surface area contributed by atoms with Crippen molar-refractivity contribution < 1.29 is 28.5 Å². The molecule has 1 fully saturated rings. The SMILES string of the molecule is COc1ccc(C[C@H]2C(C)OC(=O)N2Cc2ccc(OCc3ccccc3)c(OC)c2)cc1OC. The zero-order valence-electron chi connectivity index (χ0n) is 20.5. The summed E-state index contributed by atoms with van der Waals surface area (Å²) in [7, 11) is 4.83. The van der Waals surface area contributed by atoms with Gasteiger partial charge in [-0.05, 0) is 54.3 Å². The predicted molar refractivity (Wildman–Crippen MR) is 132 cm³/mol. The van der Waals surface area contributed by atoms with E-state index in [4.69, 9.17) is 23.7 Å². The van der Waals surface area contributed by atoms with Crippen LogP contribution in [0.3, 0.4) is 0 Å². The number of hydrogen-bond acceptors (Lipinski definition) is 6. The highest BCUT2D eigenvalue weighted by molar-refractivity contribution is 5.71. The van der Waals surface area contributed by atoms with Gasteiger partial charge in [0.1, 0.15) is 12.7 Å². The Balaban J connectivity index is 1.48. The zero-order valence-corrected chi connectivity index (χ0v) is 20.5. The number of rotatable bonds is 10. The number of benzene rings is 3. The Kier molecular flexibility index (Phi) is 7.65. The molecule has 1 heterocycles. The van der Waals surface area contributed by atoms with Crippen molar-refractivity contribution in [3.8, 4) is 23.0 Å². The lowest BCUT2D eigenvalue weighted by Gasteiger charge is -2.24. The van der Waals surface area contributed by atoms with E-state index in [2.05, 4.69) is 0 Å². The van der Waals surface area contributed by atoms with E-state index >= 15 is 0 Å². The minimum atomic E-state index is -0.327. The Labute approximate surface area is 206 Å². The van der Waals surface area contributed by atoms with Gasteiger partial charge in [-0.15, -0.1) is 0 Å². The van der Waals surface area contributed by atoms with E-state index in [1.54, 1.807) is 26.2 Å². The summed E-state index contributed by atoms with van der Waals surface area (Å²) in [5, 5.41) is 0. The fraction of sp³-hybridized carbons (Fsp3) is 0.321. The van der Waals surface area contributed by atoms with Gasteiger partial charge in [0.25, 0.3) is 0 Å². The molecule has 0 saturated carbocycles. The molecule has 0 aliphatic carbocycles. The van der Waals surface area contributed by atoms with Crippen molar-refractivity contribution in [2.24, 2.45) is 0 Å². The van der Waals surface area contributed by atoms with Crippen LogP contribution in [0.4, 0.5) is 4.79 Å². The number of carbonyl (C=O) groups excluding carboxylic acids is 1. The molecule has 0 aromatic heterocycles. The van der Waals surface area contributed by atoms with Crippen molar-refractivity contribution in [3.05, 3.63) is 83.4 Å². The largest absolute Gasteiger partial charge is 0.493 e. The van der Waals surface area contributed by atoms with Crippen LogP contribution in [0.2, 0.25) is 0 Å². The monoisotopic (exact) mass is 477 g/mol. The van der Waals surface area contributed by atoms with Crippen LogP contribution in [0, 0.1) is 0 Å². The van der Waals surface area contributed by atoms with Gasteiger partial charge in [-0.1, -0.05) is 42.5 Å². The molecule has 184 valence electrons. The Morgan fingerprint density at radius 2 is 1.40 bits per heavy atom. The molecule has 4 rings (SSSR count). The molecule has 1 aliphatic heterocycles. The second-order valence-corrected chi connectivity index (χ2v) is 8.44. The lowest BCUT2D eigenvalue weighted by molar-refractivity contribution is 0.136. The molecule has 2 atom stereocenters. The third kappa shape index (κ3) is 5.62. The molecule has 3 aromatic carbocycles. The van der Waals surface area contributed by atoms with Crippen molar-refractivity contribution in [2.75, 3.05) is 21.3 Å². The van der Waals surface area contributed by atoms with Gasteiger partial charge in [-0.2, -0.15) is 0 Å². The van der Waals surface area contributed by atoms with Crippen LogP contribution in [0.5, 0.6) is 23.0 Å². The molecule has 0 spiro atoms. The number of carbonyl (C=O) groups is 1. The smallest absolute Gasteiger partial charge is 0.410 e. The molecule has 0 radical (unpaired) electrons. The summed E-state index contributed by atoms with van der Waals surface area (Å²) in [6, 6.07) is 21.4. The molecule has 1 aliphatic rings. The topological polar surface area (TPSA) is 66.5 Å². The van der Waals surface area contributed by atoms with Gasteiger partial charge in [-0.25, -0.2) is 4.79 Å². The van der Waals surface area contributed by atoms with E-state index in [0.29, 0.717) is 42.6 Å². The molecule has 3 aromatic rings. The molecular formula is C28H31NO6. The van der Waals surface area contributed by atoms with E-state index in [0.717, 1.165) is 16.7 Å². The normalized spacial score (nSPS) is 17.1. The fourth-order valence-corrected chi connectivity index (χ4v) is 4.26. The minimum Gasteiger partial charge on any atom is -0.493 e. The van der Waals surface area contributed by atoms with Crippen LogP contribution in [-0.2, 0) is 24.3 Å². The Morgan fingerprint density at radius 3 is 2.11 bits per heavy atom. The van der Waals surface area contributed by atoms with Gasteiger partial charge in [0.2, 0.25) is 0 Å². The average molecular weight is 478 g/mol. The van der Waals surface area contributed by atoms with E-state index in [1.165, 1.54) is 0 Å². The summed E-state index contributed by atoms with van der Waals surface area (Å²) in [5.41, 5.74) is 3.03. The van der Waals surface area contributed by atoms with Gasteiger partial charge in [0.05, 0.1) is 27.4 Å². The van der Waals surface area contributed by atoms with Crippen LogP contribution < -0.4 is 18.9 Å². The number of cyclic esters (lactones) is 1. The number of methoxy groups -OCH3 is 3. The summed E-state index contributed by atoms with van der Waals surface area (Å²) in [4.78, 5) is 14.5. The molecule has 0 N–H and O–H groups in total. The molecule has 35 heavy (non-hydrogen) atoms. The fourth-order valence-electron chi connectivity index (χ4n) is 4.26. The maximum Gasteiger partial charge on any atom is 0.410 e. The molecule has 7 nitrogen and oxygen atoms in total. The average Bonchev–Trinajstić information content (AvgIpc) is 3.15. The van der Waals surface area contributed by atoms with Crippen LogP contribution in [-0.4, -0.2) is 44.5 Å². The molecule has 1 amide bonds. The second kappa shape index (κ2) is 11.0. The highest BCUT2D eigenvalue weighted by Crippen LogP contribution is 2.33. The summed E-state index contributed by atoms with van der Waals surface area (Å²) >= 11 is 0. The van der Waals surface area contributed by atoms with Crippen LogP contribution >= 0.6 is 0 Å². The van der Waals surface area contributed by atoms with Gasteiger partial charge in [0, 0.05) is 6.54 Å². The number of amides is 1. The van der Waals surface area contributed by atoms with Crippen LogP contribution in [0.25, 0.3) is 0 Å². The zero-order chi connectivity index (χ0) is 24.8. The highest BCUT2D eigenvalue weighted by atomic mass is 16.6. The Bertz CT molecular complexity index is 1150. The van der Waals surface area contributed by atoms with Gasteiger partial charge < -0.3 is 23.7 Å². The molecule has 7 heteroatoms. The first-order valence-electron chi connectivity index (χ1n) is 11.5. The van der Waals surface area contributed by atoms with Crippen molar-refractivity contribution in [2.45, 2.75) is 38.6 Å². The first kappa shape index (κ1) is 24.3. The maximum atomic E-state index is 12.7. The second-order valence-electron chi connectivity index (χ2n) is 8.44. The predicted octanol–water partition coefficient (Wildman–Crippen LogP) is 5.24. The number of hydrogen-bond donors (Lipinski definition) is 0. The maximum absolute atomic E-state index is 12.7. The van der Waals surface area contributed by atoms with Gasteiger partial charge in [0.15, 0.2) is 23.0 Å². The minimum absolute atomic E-state index is 0.124. The summed E-state index contributed by atoms with van der Waals surface area (Å²) in [5.74, 6) is 2.60. The van der Waals surface area contributed by atoms with E-state index < -0.39 is 0 Å². The van der Waals surface area contributed by atoms with Crippen molar-refractivity contribution >= 4 is 6.09 Å². The third-order valence-corrected chi connectivity index (χ3v) is 6.17. The number of ether oxygens (including phenoxy) is 5. The van der Waals surface area contributed by atoms with E-state index in [9.17, 15) is 4.79 Å².